The third-order valence-electron chi connectivity index (χ3n) is 7.46. The van der Waals surface area contributed by atoms with Gasteiger partial charge in [0.1, 0.15) is 36.3 Å². The van der Waals surface area contributed by atoms with Crippen molar-refractivity contribution in [3.05, 3.63) is 0 Å². The Balaban J connectivity index is 3.16. The molecule has 0 aliphatic carbocycles. The predicted octanol–water partition coefficient (Wildman–Crippen LogP) is -1.16. The second-order valence-corrected chi connectivity index (χ2v) is 13.1. The van der Waals surface area contributed by atoms with Crippen molar-refractivity contribution in [2.45, 2.75) is 123 Å². The number of carboxylic acid groups (broad SMARTS) is 1. The number of carboxylic acids is 1. The Bertz CT molecular complexity index is 1040. The van der Waals surface area contributed by atoms with Gasteiger partial charge in [-0.25, -0.2) is 4.79 Å². The highest BCUT2D eigenvalue weighted by atomic mass is 16.4. The summed E-state index contributed by atoms with van der Waals surface area (Å²) in [5, 5.41) is 38.6. The van der Waals surface area contributed by atoms with Crippen LogP contribution < -0.4 is 27.0 Å². The van der Waals surface area contributed by atoms with Crippen LogP contribution in [0.1, 0.15) is 80.6 Å². The highest BCUT2D eigenvalue weighted by Gasteiger charge is 2.39. The van der Waals surface area contributed by atoms with Crippen LogP contribution in [-0.4, -0.2) is 111 Å². The molecule has 45 heavy (non-hydrogen) atoms. The van der Waals surface area contributed by atoms with Crippen LogP contribution >= 0.6 is 0 Å². The van der Waals surface area contributed by atoms with Crippen LogP contribution in [0.15, 0.2) is 0 Å². The maximum absolute atomic E-state index is 13.6. The minimum absolute atomic E-state index is 0.0313. The Kier molecular flexibility index (Phi) is 16.4. The number of rotatable bonds is 18. The first-order valence-corrected chi connectivity index (χ1v) is 15.7. The lowest BCUT2D eigenvalue weighted by Crippen LogP contribution is -2.60. The lowest BCUT2D eigenvalue weighted by atomic mass is 9.98. The molecule has 7 atom stereocenters. The van der Waals surface area contributed by atoms with Gasteiger partial charge in [-0.1, -0.05) is 41.5 Å². The number of hydrogen-bond acceptors (Lipinski definition) is 9. The molecule has 0 aromatic carbocycles. The molecule has 0 radical (unpaired) electrons. The van der Waals surface area contributed by atoms with Crippen molar-refractivity contribution in [3.8, 4) is 0 Å². The Hall–Kier alpha value is -3.30. The Labute approximate surface area is 265 Å². The molecular formula is C30H54N6O9. The summed E-state index contributed by atoms with van der Waals surface area (Å²) in [6.07, 6.45) is 0.398. The number of nitrogens with zero attached hydrogens (tertiary/aromatic N) is 1. The molecule has 5 amide bonds. The van der Waals surface area contributed by atoms with Gasteiger partial charge in [0.2, 0.25) is 29.5 Å². The number of nitrogens with two attached hydrogens (primary N) is 1. The molecule has 258 valence electrons. The van der Waals surface area contributed by atoms with Crippen LogP contribution in [0.2, 0.25) is 0 Å². The summed E-state index contributed by atoms with van der Waals surface area (Å²) in [4.78, 5) is 78.8. The second-order valence-electron chi connectivity index (χ2n) is 13.1. The number of hydrogen-bond donors (Lipinski definition) is 8. The summed E-state index contributed by atoms with van der Waals surface area (Å²) in [7, 11) is 0. The third-order valence-corrected chi connectivity index (χ3v) is 7.46. The summed E-state index contributed by atoms with van der Waals surface area (Å²) in [5.74, 6) is -4.77. The van der Waals surface area contributed by atoms with Crippen LogP contribution in [0.4, 0.5) is 0 Å². The van der Waals surface area contributed by atoms with E-state index in [-0.39, 0.29) is 43.6 Å². The van der Waals surface area contributed by atoms with Crippen molar-refractivity contribution in [3.63, 3.8) is 0 Å². The number of carbonyl (C=O) groups excluding carboxylic acids is 5. The minimum atomic E-state index is -1.55. The summed E-state index contributed by atoms with van der Waals surface area (Å²) >= 11 is 0. The lowest BCUT2D eigenvalue weighted by Gasteiger charge is -2.30. The van der Waals surface area contributed by atoms with Crippen molar-refractivity contribution in [2.75, 3.05) is 13.2 Å². The fourth-order valence-corrected chi connectivity index (χ4v) is 5.08. The largest absolute Gasteiger partial charge is 0.480 e. The van der Waals surface area contributed by atoms with E-state index in [4.69, 9.17) is 5.73 Å². The Morgan fingerprint density at radius 3 is 1.49 bits per heavy atom. The molecule has 0 unspecified atom stereocenters. The van der Waals surface area contributed by atoms with E-state index in [1.807, 2.05) is 41.5 Å². The van der Waals surface area contributed by atoms with E-state index in [1.54, 1.807) is 0 Å². The van der Waals surface area contributed by atoms with Crippen molar-refractivity contribution < 1.29 is 44.1 Å². The van der Waals surface area contributed by atoms with Crippen LogP contribution in [0, 0.1) is 17.8 Å². The molecule has 1 aliphatic rings. The van der Waals surface area contributed by atoms with E-state index >= 15 is 0 Å². The van der Waals surface area contributed by atoms with Crippen LogP contribution in [-0.2, 0) is 28.8 Å². The predicted molar refractivity (Wildman–Crippen MR) is 165 cm³/mol. The molecular weight excluding hydrogens is 588 g/mol. The smallest absolute Gasteiger partial charge is 0.328 e. The topological polar surface area (TPSA) is 240 Å². The van der Waals surface area contributed by atoms with Gasteiger partial charge >= 0.3 is 5.97 Å². The van der Waals surface area contributed by atoms with Crippen molar-refractivity contribution in [2.24, 2.45) is 23.5 Å². The summed E-state index contributed by atoms with van der Waals surface area (Å²) in [6, 6.07) is -6.88. The first kappa shape index (κ1) is 39.7. The van der Waals surface area contributed by atoms with Gasteiger partial charge in [0.25, 0.3) is 0 Å². The standard InChI is InChI=1S/C30H54N6O9/c1-15(2)11-19(25(39)33-20(12-16(3)4)27(41)35-22(14-37)30(44)45)32-26(40)21(13-17(5)6)34-28(42)23-9-8-10-36(23)29(43)24(31)18(7)38/h15-24,37-38H,8-14,31H2,1-7H3,(H,32,40)(H,33,39)(H,34,42)(H,35,41)(H,44,45)/t18-,19+,20+,21+,22+,23+,24+/m1/s1. The number of aliphatic hydroxyl groups excluding tert-OH is 2. The molecule has 0 spiro atoms. The molecule has 15 nitrogen and oxygen atoms in total. The normalized spacial score (nSPS) is 19.0. The average Bonchev–Trinajstić information content (AvgIpc) is 3.43. The maximum Gasteiger partial charge on any atom is 0.328 e. The number of aliphatic carboxylic acids is 1. The van der Waals surface area contributed by atoms with Gasteiger partial charge in [0, 0.05) is 6.54 Å². The summed E-state index contributed by atoms with van der Waals surface area (Å²) in [6.45, 7) is 11.9. The minimum Gasteiger partial charge on any atom is -0.480 e. The van der Waals surface area contributed by atoms with Crippen molar-refractivity contribution in [1.29, 1.82) is 0 Å². The van der Waals surface area contributed by atoms with E-state index in [0.29, 0.717) is 12.8 Å². The quantitative estimate of drug-likeness (QED) is 0.0892. The van der Waals surface area contributed by atoms with Crippen LogP contribution in [0.5, 0.6) is 0 Å². The summed E-state index contributed by atoms with van der Waals surface area (Å²) < 4.78 is 0. The van der Waals surface area contributed by atoms with Gasteiger partial charge in [0.05, 0.1) is 12.7 Å². The van der Waals surface area contributed by atoms with E-state index in [1.165, 1.54) is 11.8 Å². The molecule has 1 aliphatic heterocycles. The molecule has 1 heterocycles. The number of aliphatic hydroxyl groups is 2. The maximum atomic E-state index is 13.6. The first-order valence-electron chi connectivity index (χ1n) is 15.7. The Morgan fingerprint density at radius 2 is 1.13 bits per heavy atom. The van der Waals surface area contributed by atoms with E-state index < -0.39 is 84.5 Å². The van der Waals surface area contributed by atoms with Crippen LogP contribution in [0.25, 0.3) is 0 Å². The van der Waals surface area contributed by atoms with Gasteiger partial charge in [-0.15, -0.1) is 0 Å². The van der Waals surface area contributed by atoms with Crippen molar-refractivity contribution >= 4 is 35.5 Å². The van der Waals surface area contributed by atoms with Gasteiger partial charge in [0.15, 0.2) is 0 Å². The average molecular weight is 643 g/mol. The fraction of sp³-hybridized carbons (Fsp3) is 0.800. The number of carbonyl (C=O) groups is 6. The SMILES string of the molecule is CC(C)C[C@H](NC(=O)[C@H](CC(C)C)NC(=O)[C@H](CC(C)C)NC(=O)[C@@H]1CCCN1C(=O)[C@@H](N)[C@@H](C)O)C(=O)N[C@@H](CO)C(=O)O. The van der Waals surface area contributed by atoms with E-state index in [2.05, 4.69) is 21.3 Å². The summed E-state index contributed by atoms with van der Waals surface area (Å²) in [5.41, 5.74) is 5.83. The molecule has 0 bridgehead atoms. The second kappa shape index (κ2) is 18.6. The zero-order valence-corrected chi connectivity index (χ0v) is 27.5. The zero-order valence-electron chi connectivity index (χ0n) is 27.5. The van der Waals surface area contributed by atoms with Gasteiger partial charge in [-0.2, -0.15) is 0 Å². The molecule has 15 heteroatoms. The van der Waals surface area contributed by atoms with E-state index in [0.717, 1.165) is 0 Å². The van der Waals surface area contributed by atoms with Gasteiger partial charge in [-0.05, 0) is 56.8 Å². The molecule has 1 saturated heterocycles. The molecule has 1 rings (SSSR count). The molecule has 1 fully saturated rings. The van der Waals surface area contributed by atoms with E-state index in [9.17, 15) is 44.1 Å². The number of amides is 5. The molecule has 0 saturated carbocycles. The number of likely N-dealkylation sites (tertiary alicyclic amines) is 1. The molecule has 0 aromatic rings. The van der Waals surface area contributed by atoms with Gasteiger partial charge < -0.3 is 47.2 Å². The number of nitrogens with one attached hydrogen (secondary N) is 4. The van der Waals surface area contributed by atoms with Crippen LogP contribution in [0.3, 0.4) is 0 Å². The lowest BCUT2D eigenvalue weighted by molar-refractivity contribution is -0.143. The highest BCUT2D eigenvalue weighted by molar-refractivity contribution is 5.96. The molecule has 9 N–H and O–H groups in total. The first-order chi connectivity index (χ1) is 20.9. The fourth-order valence-electron chi connectivity index (χ4n) is 5.08. The molecule has 0 aromatic heterocycles. The Morgan fingerprint density at radius 1 is 0.733 bits per heavy atom. The monoisotopic (exact) mass is 642 g/mol. The van der Waals surface area contributed by atoms with Gasteiger partial charge in [-0.3, -0.25) is 24.0 Å². The third kappa shape index (κ3) is 12.9. The highest BCUT2D eigenvalue weighted by Crippen LogP contribution is 2.20. The zero-order chi connectivity index (χ0) is 34.6. The van der Waals surface area contributed by atoms with Crippen molar-refractivity contribution in [1.82, 2.24) is 26.2 Å².